The number of fused-ring (bicyclic) bond motifs is 2. The van der Waals surface area contributed by atoms with E-state index in [2.05, 4.69) is 42.5 Å². The first-order valence-electron chi connectivity index (χ1n) is 9.56. The van der Waals surface area contributed by atoms with Crippen molar-refractivity contribution < 1.29 is 14.9 Å². The van der Waals surface area contributed by atoms with Crippen LogP contribution in [-0.4, -0.2) is 17.3 Å². The highest BCUT2D eigenvalue weighted by Gasteiger charge is 2.46. The quantitative estimate of drug-likeness (QED) is 0.625. The molecule has 0 bridgehead atoms. The average Bonchev–Trinajstić information content (AvgIpc) is 3.19. The molecule has 3 aromatic rings. The van der Waals surface area contributed by atoms with Crippen molar-refractivity contribution in [2.45, 2.75) is 19.3 Å². The number of aromatic hydroxyl groups is 2. The van der Waals surface area contributed by atoms with Gasteiger partial charge in [0, 0.05) is 5.41 Å². The second-order valence-electron chi connectivity index (χ2n) is 7.91. The summed E-state index contributed by atoms with van der Waals surface area (Å²) in [4.78, 5) is 0. The molecule has 5 rings (SSSR count). The zero-order chi connectivity index (χ0) is 19.3. The highest BCUT2D eigenvalue weighted by Crippen LogP contribution is 2.55. The number of rotatable bonds is 2. The van der Waals surface area contributed by atoms with Gasteiger partial charge in [0.1, 0.15) is 5.75 Å². The summed E-state index contributed by atoms with van der Waals surface area (Å²) in [5.41, 5.74) is 7.37. The van der Waals surface area contributed by atoms with Crippen molar-refractivity contribution in [1.29, 1.82) is 0 Å². The van der Waals surface area contributed by atoms with Crippen LogP contribution in [-0.2, 0) is 19.3 Å². The fraction of sp³-hybridized carbons (Fsp3) is 0.200. The molecule has 28 heavy (non-hydrogen) atoms. The second-order valence-corrected chi connectivity index (χ2v) is 7.91. The minimum atomic E-state index is -0.0355. The van der Waals surface area contributed by atoms with E-state index in [1.165, 1.54) is 16.7 Å². The minimum Gasteiger partial charge on any atom is -0.504 e. The van der Waals surface area contributed by atoms with Gasteiger partial charge in [-0.2, -0.15) is 0 Å². The van der Waals surface area contributed by atoms with Crippen LogP contribution in [0, 0.1) is 5.41 Å². The van der Waals surface area contributed by atoms with Crippen molar-refractivity contribution in [2.75, 3.05) is 7.11 Å². The van der Waals surface area contributed by atoms with Crippen LogP contribution in [0.15, 0.2) is 60.7 Å². The van der Waals surface area contributed by atoms with E-state index in [9.17, 15) is 10.2 Å². The molecule has 1 spiro atoms. The molecule has 0 aromatic heterocycles. The van der Waals surface area contributed by atoms with E-state index < -0.39 is 0 Å². The molecule has 0 heterocycles. The molecule has 3 aromatic carbocycles. The van der Waals surface area contributed by atoms with E-state index in [4.69, 9.17) is 4.74 Å². The summed E-state index contributed by atoms with van der Waals surface area (Å²) in [6, 6.07) is 20.2. The number of phenolic OH excluding ortho intramolecular Hbond substituents is 2. The molecule has 0 atom stereocenters. The van der Waals surface area contributed by atoms with Gasteiger partial charge in [0.25, 0.3) is 0 Å². The third kappa shape index (κ3) is 2.58. The lowest BCUT2D eigenvalue weighted by molar-refractivity contribution is 0.403. The smallest absolute Gasteiger partial charge is 0.157 e. The van der Waals surface area contributed by atoms with Gasteiger partial charge in [-0.15, -0.1) is 0 Å². The standard InChI is InChI=1S/C25H22O3/c1-28-20-8-6-16(7-9-20)10-22-21-5-3-2-4-17(21)13-25(22)14-18-11-23(26)24(27)12-19(18)15-25/h2-12,26-27H,13-15H2,1H3. The van der Waals surface area contributed by atoms with E-state index in [-0.39, 0.29) is 16.9 Å². The molecule has 0 saturated heterocycles. The van der Waals surface area contributed by atoms with Gasteiger partial charge in [0.2, 0.25) is 0 Å². The molecule has 0 unspecified atom stereocenters. The molecular formula is C25H22O3. The number of hydrogen-bond acceptors (Lipinski definition) is 3. The van der Waals surface area contributed by atoms with E-state index in [1.807, 2.05) is 12.1 Å². The lowest BCUT2D eigenvalue weighted by Crippen LogP contribution is -2.20. The molecule has 0 fully saturated rings. The van der Waals surface area contributed by atoms with Gasteiger partial charge in [-0.25, -0.2) is 0 Å². The van der Waals surface area contributed by atoms with Crippen LogP contribution >= 0.6 is 0 Å². The first kappa shape index (κ1) is 16.9. The zero-order valence-corrected chi connectivity index (χ0v) is 15.8. The van der Waals surface area contributed by atoms with Crippen molar-refractivity contribution >= 4 is 11.6 Å². The zero-order valence-electron chi connectivity index (χ0n) is 15.8. The molecular weight excluding hydrogens is 348 g/mol. The monoisotopic (exact) mass is 370 g/mol. The predicted octanol–water partition coefficient (Wildman–Crippen LogP) is 4.99. The number of allylic oxidation sites excluding steroid dienone is 1. The number of methoxy groups -OCH3 is 1. The lowest BCUT2D eigenvalue weighted by atomic mass is 9.77. The van der Waals surface area contributed by atoms with Gasteiger partial charge in [-0.3, -0.25) is 0 Å². The van der Waals surface area contributed by atoms with E-state index in [0.29, 0.717) is 0 Å². The van der Waals surface area contributed by atoms with E-state index in [1.54, 1.807) is 19.2 Å². The molecule has 0 amide bonds. The molecule has 2 aliphatic rings. The van der Waals surface area contributed by atoms with Crippen molar-refractivity contribution in [3.8, 4) is 17.2 Å². The Balaban J connectivity index is 1.62. The Kier molecular flexibility index (Phi) is 3.73. The first-order valence-corrected chi connectivity index (χ1v) is 9.56. The summed E-state index contributed by atoms with van der Waals surface area (Å²) in [5, 5.41) is 19.9. The fourth-order valence-corrected chi connectivity index (χ4v) is 4.88. The molecule has 0 radical (unpaired) electrons. The van der Waals surface area contributed by atoms with Gasteiger partial charge >= 0.3 is 0 Å². The number of ether oxygens (including phenoxy) is 1. The summed E-state index contributed by atoms with van der Waals surface area (Å²) in [6.07, 6.45) is 5.00. The van der Waals surface area contributed by atoms with E-state index in [0.717, 1.165) is 41.7 Å². The Morgan fingerprint density at radius 1 is 0.821 bits per heavy atom. The molecule has 3 nitrogen and oxygen atoms in total. The lowest BCUT2D eigenvalue weighted by Gasteiger charge is -2.26. The fourth-order valence-electron chi connectivity index (χ4n) is 4.88. The first-order chi connectivity index (χ1) is 13.6. The maximum atomic E-state index is 9.96. The molecule has 0 saturated carbocycles. The Morgan fingerprint density at radius 3 is 2.07 bits per heavy atom. The topological polar surface area (TPSA) is 49.7 Å². The molecule has 140 valence electrons. The molecule has 3 heteroatoms. The maximum absolute atomic E-state index is 9.96. The van der Waals surface area contributed by atoms with Crippen LogP contribution in [0.3, 0.4) is 0 Å². The average molecular weight is 370 g/mol. The van der Waals surface area contributed by atoms with Crippen molar-refractivity contribution in [1.82, 2.24) is 0 Å². The summed E-state index contributed by atoms with van der Waals surface area (Å²) in [7, 11) is 1.68. The molecule has 2 aliphatic carbocycles. The number of phenols is 2. The Bertz CT molecular complexity index is 1060. The maximum Gasteiger partial charge on any atom is 0.157 e. The number of benzene rings is 3. The normalized spacial score (nSPS) is 17.7. The summed E-state index contributed by atoms with van der Waals surface area (Å²) >= 11 is 0. The van der Waals surface area contributed by atoms with Crippen LogP contribution in [0.5, 0.6) is 17.2 Å². The van der Waals surface area contributed by atoms with Gasteiger partial charge in [-0.1, -0.05) is 42.5 Å². The van der Waals surface area contributed by atoms with Gasteiger partial charge in [0.15, 0.2) is 11.5 Å². The highest BCUT2D eigenvalue weighted by molar-refractivity contribution is 5.90. The van der Waals surface area contributed by atoms with Gasteiger partial charge in [0.05, 0.1) is 7.11 Å². The Morgan fingerprint density at radius 2 is 1.43 bits per heavy atom. The summed E-state index contributed by atoms with van der Waals surface area (Å²) in [6.45, 7) is 0. The van der Waals surface area contributed by atoms with Crippen molar-refractivity contribution in [3.63, 3.8) is 0 Å². The molecule has 2 N–H and O–H groups in total. The van der Waals surface area contributed by atoms with Crippen LogP contribution in [0.2, 0.25) is 0 Å². The summed E-state index contributed by atoms with van der Waals surface area (Å²) in [5.74, 6) is 0.780. The largest absolute Gasteiger partial charge is 0.504 e. The molecule has 0 aliphatic heterocycles. The third-order valence-corrected chi connectivity index (χ3v) is 6.19. The van der Waals surface area contributed by atoms with E-state index >= 15 is 0 Å². The van der Waals surface area contributed by atoms with Gasteiger partial charge in [-0.05, 0) is 76.9 Å². The van der Waals surface area contributed by atoms with Crippen LogP contribution in [0.25, 0.3) is 11.6 Å². The Hall–Kier alpha value is -3.20. The van der Waals surface area contributed by atoms with Crippen molar-refractivity contribution in [2.24, 2.45) is 5.41 Å². The minimum absolute atomic E-state index is 0.0352. The van der Waals surface area contributed by atoms with Crippen LogP contribution in [0.4, 0.5) is 0 Å². The predicted molar refractivity (Wildman–Crippen MR) is 111 cm³/mol. The SMILES string of the molecule is COc1ccc(C=C2c3ccccc3CC23Cc2cc(O)c(O)cc2C3)cc1. The van der Waals surface area contributed by atoms with Gasteiger partial charge < -0.3 is 14.9 Å². The third-order valence-electron chi connectivity index (χ3n) is 6.19. The van der Waals surface area contributed by atoms with Crippen molar-refractivity contribution in [3.05, 3.63) is 88.5 Å². The number of hydrogen-bond donors (Lipinski definition) is 2. The second kappa shape index (κ2) is 6.16. The van der Waals surface area contributed by atoms with Crippen LogP contribution in [0.1, 0.15) is 27.8 Å². The highest BCUT2D eigenvalue weighted by atomic mass is 16.5. The Labute approximate surface area is 164 Å². The van der Waals surface area contributed by atoms with Crippen LogP contribution < -0.4 is 4.74 Å². The summed E-state index contributed by atoms with van der Waals surface area (Å²) < 4.78 is 5.29.